The normalized spacial score (nSPS) is 11.4. The molecule has 1 amide bonds. The highest BCUT2D eigenvalue weighted by Gasteiger charge is 2.17. The average molecular weight is 492 g/mol. The van der Waals surface area contributed by atoms with Gasteiger partial charge in [0.25, 0.3) is 5.91 Å². The Labute approximate surface area is 206 Å². The van der Waals surface area contributed by atoms with E-state index >= 15 is 0 Å². The van der Waals surface area contributed by atoms with Gasteiger partial charge < -0.3 is 5.11 Å². The van der Waals surface area contributed by atoms with Crippen molar-refractivity contribution in [2.75, 3.05) is 5.75 Å². The first-order chi connectivity index (χ1) is 16.4. The zero-order valence-electron chi connectivity index (χ0n) is 18.6. The van der Waals surface area contributed by atoms with Crippen molar-refractivity contribution in [1.29, 1.82) is 0 Å². The number of phenolic OH excluding ortho intramolecular Hbond substituents is 1. The minimum Gasteiger partial charge on any atom is -0.508 e. The van der Waals surface area contributed by atoms with Crippen LogP contribution in [0.5, 0.6) is 5.75 Å². The number of aromatic nitrogens is 3. The predicted octanol–water partition coefficient (Wildman–Crippen LogP) is 5.23. The first-order valence-electron chi connectivity index (χ1n) is 10.4. The van der Waals surface area contributed by atoms with Gasteiger partial charge in [-0.3, -0.25) is 9.36 Å². The van der Waals surface area contributed by atoms with Gasteiger partial charge in [0.05, 0.1) is 11.5 Å². The van der Waals surface area contributed by atoms with Crippen LogP contribution in [0.15, 0.2) is 83.1 Å². The number of hydrazone groups is 1. The van der Waals surface area contributed by atoms with Gasteiger partial charge in [-0.05, 0) is 80.1 Å². The maximum Gasteiger partial charge on any atom is 0.250 e. The van der Waals surface area contributed by atoms with Crippen molar-refractivity contribution in [1.82, 2.24) is 20.2 Å². The van der Waals surface area contributed by atoms with E-state index in [9.17, 15) is 9.90 Å². The number of hydrogen-bond donors (Lipinski definition) is 2. The highest BCUT2D eigenvalue weighted by Crippen LogP contribution is 2.28. The molecule has 3 aromatic carbocycles. The van der Waals surface area contributed by atoms with Crippen molar-refractivity contribution < 1.29 is 9.90 Å². The molecule has 1 heterocycles. The molecule has 0 spiro atoms. The van der Waals surface area contributed by atoms with Crippen LogP contribution >= 0.6 is 23.4 Å². The third-order valence-electron chi connectivity index (χ3n) is 4.99. The quantitative estimate of drug-likeness (QED) is 0.210. The van der Waals surface area contributed by atoms with Gasteiger partial charge in [0.2, 0.25) is 0 Å². The summed E-state index contributed by atoms with van der Waals surface area (Å²) in [6.45, 7) is 3.81. The Morgan fingerprint density at radius 2 is 1.71 bits per heavy atom. The Hall–Kier alpha value is -3.62. The molecule has 0 atom stereocenters. The zero-order chi connectivity index (χ0) is 24.1. The number of benzene rings is 3. The summed E-state index contributed by atoms with van der Waals surface area (Å²) in [5.74, 6) is 0.670. The number of halogens is 1. The molecule has 2 N–H and O–H groups in total. The second kappa shape index (κ2) is 10.5. The number of phenols is 1. The van der Waals surface area contributed by atoms with E-state index in [0.717, 1.165) is 22.4 Å². The molecule has 172 valence electrons. The largest absolute Gasteiger partial charge is 0.508 e. The van der Waals surface area contributed by atoms with Gasteiger partial charge in [-0.15, -0.1) is 10.2 Å². The van der Waals surface area contributed by atoms with Gasteiger partial charge in [-0.2, -0.15) is 5.10 Å². The van der Waals surface area contributed by atoms with Crippen molar-refractivity contribution in [3.05, 3.63) is 88.9 Å². The molecule has 1 aromatic heterocycles. The molecular formula is C25H22ClN5O2S. The molecule has 0 saturated carbocycles. The Balaban J connectivity index is 1.52. The number of nitrogens with zero attached hydrogens (tertiary/aromatic N) is 4. The number of carbonyl (C=O) groups is 1. The van der Waals surface area contributed by atoms with Gasteiger partial charge in [0.1, 0.15) is 5.75 Å². The number of carbonyl (C=O) groups excluding carboxylic acids is 1. The number of aromatic hydroxyl groups is 1. The second-order valence-corrected chi connectivity index (χ2v) is 8.93. The maximum atomic E-state index is 12.5. The lowest BCUT2D eigenvalue weighted by Gasteiger charge is -2.11. The number of rotatable bonds is 7. The molecule has 9 heteroatoms. The lowest BCUT2D eigenvalue weighted by atomic mass is 10.1. The highest BCUT2D eigenvalue weighted by molar-refractivity contribution is 7.99. The number of amides is 1. The maximum absolute atomic E-state index is 12.5. The van der Waals surface area contributed by atoms with Crippen molar-refractivity contribution >= 4 is 35.0 Å². The molecule has 34 heavy (non-hydrogen) atoms. The van der Waals surface area contributed by atoms with Crippen LogP contribution in [0, 0.1) is 6.92 Å². The first-order valence-corrected chi connectivity index (χ1v) is 11.8. The third-order valence-corrected chi connectivity index (χ3v) is 6.17. The van der Waals surface area contributed by atoms with Crippen LogP contribution in [-0.2, 0) is 4.79 Å². The third kappa shape index (κ3) is 5.65. The minimum atomic E-state index is -0.269. The van der Waals surface area contributed by atoms with Gasteiger partial charge in [-0.1, -0.05) is 41.1 Å². The van der Waals surface area contributed by atoms with Crippen molar-refractivity contribution in [3.8, 4) is 22.8 Å². The van der Waals surface area contributed by atoms with Crippen LogP contribution in [0.4, 0.5) is 0 Å². The summed E-state index contributed by atoms with van der Waals surface area (Å²) in [5, 5.41) is 23.5. The van der Waals surface area contributed by atoms with Crippen LogP contribution in [0.1, 0.15) is 18.1 Å². The standard InChI is InChI=1S/C25H22ClN5O2S/c1-16-3-11-21(12-4-16)31-24(19-5-9-20(26)10-6-19)29-30-25(31)34-15-23(33)28-27-17(2)18-7-13-22(32)14-8-18/h3-14,32H,15H2,1-2H3,(H,28,33)/b27-17-. The van der Waals surface area contributed by atoms with Crippen LogP contribution in [0.3, 0.4) is 0 Å². The van der Waals surface area contributed by atoms with Crippen LogP contribution in [-0.4, -0.2) is 37.2 Å². The Morgan fingerprint density at radius 3 is 2.38 bits per heavy atom. The van der Waals surface area contributed by atoms with Crippen molar-refractivity contribution in [3.63, 3.8) is 0 Å². The molecule has 0 radical (unpaired) electrons. The number of aryl methyl sites for hydroxylation is 1. The molecule has 4 aromatic rings. The van der Waals surface area contributed by atoms with Crippen molar-refractivity contribution in [2.45, 2.75) is 19.0 Å². The number of hydrogen-bond acceptors (Lipinski definition) is 6. The van der Waals surface area contributed by atoms with Crippen molar-refractivity contribution in [2.24, 2.45) is 5.10 Å². The fourth-order valence-corrected chi connectivity index (χ4v) is 4.02. The predicted molar refractivity (Wildman–Crippen MR) is 136 cm³/mol. The van der Waals surface area contributed by atoms with Gasteiger partial charge in [0, 0.05) is 16.3 Å². The summed E-state index contributed by atoms with van der Waals surface area (Å²) in [6, 6.07) is 22.0. The van der Waals surface area contributed by atoms with Crippen LogP contribution in [0.2, 0.25) is 5.02 Å². The minimum absolute atomic E-state index is 0.108. The summed E-state index contributed by atoms with van der Waals surface area (Å²) in [6.07, 6.45) is 0. The summed E-state index contributed by atoms with van der Waals surface area (Å²) in [7, 11) is 0. The van der Waals surface area contributed by atoms with Crippen LogP contribution < -0.4 is 5.43 Å². The van der Waals surface area contributed by atoms with Crippen LogP contribution in [0.25, 0.3) is 17.1 Å². The monoisotopic (exact) mass is 491 g/mol. The van der Waals surface area contributed by atoms with E-state index in [-0.39, 0.29) is 17.4 Å². The van der Waals surface area contributed by atoms with E-state index in [2.05, 4.69) is 20.7 Å². The molecule has 0 unspecified atom stereocenters. The molecule has 0 saturated heterocycles. The number of thioether (sulfide) groups is 1. The Kier molecular flexibility index (Phi) is 7.30. The molecule has 4 rings (SSSR count). The summed E-state index contributed by atoms with van der Waals surface area (Å²) < 4.78 is 1.92. The topological polar surface area (TPSA) is 92.4 Å². The molecule has 7 nitrogen and oxygen atoms in total. The molecular weight excluding hydrogens is 470 g/mol. The zero-order valence-corrected chi connectivity index (χ0v) is 20.1. The fraction of sp³-hybridized carbons (Fsp3) is 0.120. The van der Waals surface area contributed by atoms with E-state index < -0.39 is 0 Å². The molecule has 0 aliphatic heterocycles. The van der Waals surface area contributed by atoms with E-state index in [1.54, 1.807) is 43.3 Å². The highest BCUT2D eigenvalue weighted by atomic mass is 35.5. The Bertz CT molecular complexity index is 1320. The fourth-order valence-electron chi connectivity index (χ4n) is 3.15. The Morgan fingerprint density at radius 1 is 1.03 bits per heavy atom. The van der Waals surface area contributed by atoms with Gasteiger partial charge in [-0.25, -0.2) is 5.43 Å². The second-order valence-electron chi connectivity index (χ2n) is 7.55. The van der Waals surface area contributed by atoms with E-state index in [4.69, 9.17) is 11.6 Å². The van der Waals surface area contributed by atoms with E-state index in [0.29, 0.717) is 21.7 Å². The molecule has 0 fully saturated rings. The van der Waals surface area contributed by atoms with Gasteiger partial charge in [0.15, 0.2) is 11.0 Å². The van der Waals surface area contributed by atoms with E-state index in [1.165, 1.54) is 11.8 Å². The average Bonchev–Trinajstić information content (AvgIpc) is 3.26. The summed E-state index contributed by atoms with van der Waals surface area (Å²) in [5.41, 5.74) is 6.90. The molecule has 0 aliphatic carbocycles. The lowest BCUT2D eigenvalue weighted by molar-refractivity contribution is -0.118. The first kappa shape index (κ1) is 23.5. The summed E-state index contributed by atoms with van der Waals surface area (Å²) >= 11 is 7.32. The lowest BCUT2D eigenvalue weighted by Crippen LogP contribution is -2.21. The summed E-state index contributed by atoms with van der Waals surface area (Å²) in [4.78, 5) is 12.5. The van der Waals surface area contributed by atoms with E-state index in [1.807, 2.05) is 47.9 Å². The molecule has 0 bridgehead atoms. The SMILES string of the molecule is C/C(=N/NC(=O)CSc1nnc(-c2ccc(Cl)cc2)n1-c1ccc(C)cc1)c1ccc(O)cc1. The molecule has 0 aliphatic rings. The van der Waals surface area contributed by atoms with Gasteiger partial charge >= 0.3 is 0 Å². The number of nitrogens with one attached hydrogen (secondary N) is 1. The smallest absolute Gasteiger partial charge is 0.250 e.